The molecule has 0 aromatic heterocycles. The van der Waals surface area contributed by atoms with E-state index in [0.717, 1.165) is 5.56 Å². The summed E-state index contributed by atoms with van der Waals surface area (Å²) in [5.41, 5.74) is 0.203. The number of nitrogens with one attached hydrogen (secondary N) is 1. The number of hydrogen-bond donors (Lipinski definition) is 2. The molecule has 0 radical (unpaired) electrons. The van der Waals surface area contributed by atoms with Gasteiger partial charge in [-0.1, -0.05) is 12.1 Å². The summed E-state index contributed by atoms with van der Waals surface area (Å²) in [6.45, 7) is 5.91. The highest BCUT2D eigenvalue weighted by Crippen LogP contribution is 2.18. The average molecular weight is 300 g/mol. The van der Waals surface area contributed by atoms with Gasteiger partial charge in [-0.25, -0.2) is 12.7 Å². The first-order valence-electron chi connectivity index (χ1n) is 6.52. The molecule has 0 aliphatic heterocycles. The Morgan fingerprint density at radius 2 is 1.75 bits per heavy atom. The fourth-order valence-electron chi connectivity index (χ4n) is 1.66. The van der Waals surface area contributed by atoms with Gasteiger partial charge >= 0.3 is 0 Å². The SMILES string of the molecule is CC(NCC(C)(C)O)c1ccc(S(=O)(=O)N(C)C)cc1. The lowest BCUT2D eigenvalue weighted by Gasteiger charge is -2.22. The Bertz CT molecular complexity index is 531. The van der Waals surface area contributed by atoms with Gasteiger partial charge in [0.25, 0.3) is 0 Å². The molecule has 6 heteroatoms. The van der Waals surface area contributed by atoms with Crippen LogP contribution in [0.2, 0.25) is 0 Å². The van der Waals surface area contributed by atoms with Gasteiger partial charge < -0.3 is 10.4 Å². The average Bonchev–Trinajstić information content (AvgIpc) is 2.35. The third-order valence-electron chi connectivity index (χ3n) is 3.00. The van der Waals surface area contributed by atoms with E-state index in [4.69, 9.17) is 0 Å². The molecule has 0 bridgehead atoms. The second-order valence-corrected chi connectivity index (χ2v) is 7.92. The maximum absolute atomic E-state index is 11.9. The third kappa shape index (κ3) is 4.56. The van der Waals surface area contributed by atoms with Gasteiger partial charge in [0, 0.05) is 26.7 Å². The van der Waals surface area contributed by atoms with Crippen LogP contribution < -0.4 is 5.32 Å². The van der Waals surface area contributed by atoms with Crippen molar-refractivity contribution in [2.24, 2.45) is 0 Å². The Morgan fingerprint density at radius 1 is 1.25 bits per heavy atom. The number of benzene rings is 1. The first-order valence-corrected chi connectivity index (χ1v) is 7.96. The second-order valence-electron chi connectivity index (χ2n) is 5.77. The summed E-state index contributed by atoms with van der Waals surface area (Å²) < 4.78 is 25.1. The van der Waals surface area contributed by atoms with Gasteiger partial charge in [0.2, 0.25) is 10.0 Å². The standard InChI is InChI=1S/C14H24N2O3S/c1-11(15-10-14(2,3)17)12-6-8-13(9-7-12)20(18,19)16(4)5/h6-9,11,15,17H,10H2,1-5H3. The molecular formula is C14H24N2O3S. The molecule has 0 aliphatic rings. The minimum Gasteiger partial charge on any atom is -0.389 e. The van der Waals surface area contributed by atoms with Crippen LogP contribution in [-0.4, -0.2) is 44.1 Å². The summed E-state index contributed by atoms with van der Waals surface area (Å²) in [6.07, 6.45) is 0. The molecule has 0 amide bonds. The molecular weight excluding hydrogens is 276 g/mol. The predicted molar refractivity (Wildman–Crippen MR) is 80.0 cm³/mol. The van der Waals surface area contributed by atoms with E-state index in [1.165, 1.54) is 18.4 Å². The molecule has 1 atom stereocenters. The first kappa shape index (κ1) is 17.1. The van der Waals surface area contributed by atoms with Crippen molar-refractivity contribution in [3.63, 3.8) is 0 Å². The van der Waals surface area contributed by atoms with Crippen molar-refractivity contribution in [2.75, 3.05) is 20.6 Å². The van der Waals surface area contributed by atoms with Crippen molar-refractivity contribution < 1.29 is 13.5 Å². The van der Waals surface area contributed by atoms with Crippen LogP contribution in [0.5, 0.6) is 0 Å². The normalized spacial score (nSPS) is 14.6. The van der Waals surface area contributed by atoms with E-state index in [1.807, 2.05) is 6.92 Å². The van der Waals surface area contributed by atoms with Gasteiger partial charge in [-0.3, -0.25) is 0 Å². The Hall–Kier alpha value is -0.950. The quantitative estimate of drug-likeness (QED) is 0.832. The van der Waals surface area contributed by atoms with E-state index in [2.05, 4.69) is 5.32 Å². The van der Waals surface area contributed by atoms with E-state index in [-0.39, 0.29) is 10.9 Å². The summed E-state index contributed by atoms with van der Waals surface area (Å²) in [4.78, 5) is 0.279. The van der Waals surface area contributed by atoms with Crippen molar-refractivity contribution in [3.8, 4) is 0 Å². The van der Waals surface area contributed by atoms with Crippen LogP contribution in [0.3, 0.4) is 0 Å². The number of hydrogen-bond acceptors (Lipinski definition) is 4. The minimum atomic E-state index is -3.38. The van der Waals surface area contributed by atoms with Crippen LogP contribution >= 0.6 is 0 Å². The van der Waals surface area contributed by atoms with Gasteiger partial charge in [0.05, 0.1) is 10.5 Å². The van der Waals surface area contributed by atoms with Crippen LogP contribution in [0.4, 0.5) is 0 Å². The summed E-state index contributed by atoms with van der Waals surface area (Å²) >= 11 is 0. The molecule has 0 spiro atoms. The lowest BCUT2D eigenvalue weighted by Crippen LogP contribution is -2.36. The smallest absolute Gasteiger partial charge is 0.242 e. The molecule has 0 heterocycles. The Kier molecular flexibility index (Phi) is 5.32. The van der Waals surface area contributed by atoms with Gasteiger partial charge in [0.1, 0.15) is 0 Å². The topological polar surface area (TPSA) is 69.6 Å². The van der Waals surface area contributed by atoms with Gasteiger partial charge in [-0.15, -0.1) is 0 Å². The zero-order valence-corrected chi connectivity index (χ0v) is 13.5. The molecule has 0 aliphatic carbocycles. The van der Waals surface area contributed by atoms with Crippen LogP contribution in [0.1, 0.15) is 32.4 Å². The third-order valence-corrected chi connectivity index (χ3v) is 4.83. The highest BCUT2D eigenvalue weighted by Gasteiger charge is 2.18. The largest absolute Gasteiger partial charge is 0.389 e. The van der Waals surface area contributed by atoms with Crippen LogP contribution in [0, 0.1) is 0 Å². The van der Waals surface area contributed by atoms with Gasteiger partial charge in [-0.05, 0) is 38.5 Å². The van der Waals surface area contributed by atoms with Gasteiger partial charge in [0.15, 0.2) is 0 Å². The number of aliphatic hydroxyl groups is 1. The molecule has 1 rings (SSSR count). The number of sulfonamides is 1. The molecule has 114 valence electrons. The van der Waals surface area contributed by atoms with E-state index in [9.17, 15) is 13.5 Å². The molecule has 1 aromatic carbocycles. The highest BCUT2D eigenvalue weighted by atomic mass is 32.2. The zero-order chi connectivity index (χ0) is 15.6. The second kappa shape index (κ2) is 6.22. The summed E-state index contributed by atoms with van der Waals surface area (Å²) in [6, 6.07) is 6.83. The summed E-state index contributed by atoms with van der Waals surface area (Å²) in [7, 11) is -0.361. The van der Waals surface area contributed by atoms with Gasteiger partial charge in [-0.2, -0.15) is 0 Å². The molecule has 0 saturated carbocycles. The summed E-state index contributed by atoms with van der Waals surface area (Å²) in [5, 5.41) is 12.9. The first-order chi connectivity index (χ1) is 9.04. The lowest BCUT2D eigenvalue weighted by atomic mass is 10.1. The van der Waals surface area contributed by atoms with E-state index >= 15 is 0 Å². The molecule has 2 N–H and O–H groups in total. The highest BCUT2D eigenvalue weighted by molar-refractivity contribution is 7.89. The fraction of sp³-hybridized carbons (Fsp3) is 0.571. The monoisotopic (exact) mass is 300 g/mol. The molecule has 1 aromatic rings. The molecule has 0 fully saturated rings. The Balaban J connectivity index is 2.82. The number of nitrogens with zero attached hydrogens (tertiary/aromatic N) is 1. The van der Waals surface area contributed by atoms with Crippen molar-refractivity contribution in [1.29, 1.82) is 0 Å². The maximum Gasteiger partial charge on any atom is 0.242 e. The molecule has 5 nitrogen and oxygen atoms in total. The molecule has 0 saturated heterocycles. The summed E-state index contributed by atoms with van der Waals surface area (Å²) in [5.74, 6) is 0. The van der Waals surface area contributed by atoms with E-state index < -0.39 is 15.6 Å². The Labute approximate surface area is 121 Å². The van der Waals surface area contributed by atoms with E-state index in [1.54, 1.807) is 38.1 Å². The van der Waals surface area contributed by atoms with Crippen molar-refractivity contribution >= 4 is 10.0 Å². The minimum absolute atomic E-state index is 0.0394. The lowest BCUT2D eigenvalue weighted by molar-refractivity contribution is 0.0770. The Morgan fingerprint density at radius 3 is 2.15 bits per heavy atom. The van der Waals surface area contributed by atoms with Crippen molar-refractivity contribution in [2.45, 2.75) is 37.3 Å². The van der Waals surface area contributed by atoms with Crippen molar-refractivity contribution in [1.82, 2.24) is 9.62 Å². The predicted octanol–water partition coefficient (Wildman–Crippen LogP) is 1.36. The van der Waals surface area contributed by atoms with Crippen LogP contribution in [-0.2, 0) is 10.0 Å². The van der Waals surface area contributed by atoms with E-state index in [0.29, 0.717) is 6.54 Å². The zero-order valence-electron chi connectivity index (χ0n) is 12.7. The molecule has 1 unspecified atom stereocenters. The molecule has 20 heavy (non-hydrogen) atoms. The maximum atomic E-state index is 11.9. The van der Waals surface area contributed by atoms with Crippen molar-refractivity contribution in [3.05, 3.63) is 29.8 Å². The van der Waals surface area contributed by atoms with Crippen LogP contribution in [0.15, 0.2) is 29.2 Å². The van der Waals surface area contributed by atoms with Crippen LogP contribution in [0.25, 0.3) is 0 Å². The number of rotatable bonds is 6. The fourth-order valence-corrected chi connectivity index (χ4v) is 2.56.